The van der Waals surface area contributed by atoms with Gasteiger partial charge in [0.15, 0.2) is 9.84 Å². The molecular formula is C12H10FNO5S. The lowest BCUT2D eigenvalue weighted by molar-refractivity contribution is 0.0696. The normalized spacial score (nSPS) is 11.5. The van der Waals surface area contributed by atoms with Crippen molar-refractivity contribution in [1.82, 2.24) is 5.16 Å². The Kier molecular flexibility index (Phi) is 3.58. The summed E-state index contributed by atoms with van der Waals surface area (Å²) in [6, 6.07) is 1.74. The molecule has 0 aliphatic heterocycles. The highest BCUT2D eigenvalue weighted by Gasteiger charge is 2.23. The van der Waals surface area contributed by atoms with Crippen LogP contribution in [0.15, 0.2) is 34.0 Å². The van der Waals surface area contributed by atoms with Crippen LogP contribution in [0.2, 0.25) is 0 Å². The molecule has 0 spiro atoms. The first-order chi connectivity index (χ1) is 9.31. The van der Waals surface area contributed by atoms with Gasteiger partial charge in [-0.1, -0.05) is 5.16 Å². The maximum absolute atomic E-state index is 13.7. The monoisotopic (exact) mass is 299 g/mol. The number of aromatic nitrogens is 1. The highest BCUT2D eigenvalue weighted by molar-refractivity contribution is 7.90. The van der Waals surface area contributed by atoms with Gasteiger partial charge in [0.2, 0.25) is 0 Å². The number of rotatable bonds is 4. The van der Waals surface area contributed by atoms with Crippen molar-refractivity contribution in [3.8, 4) is 0 Å². The number of hydrogen-bond acceptors (Lipinski definition) is 5. The quantitative estimate of drug-likeness (QED) is 0.924. The second-order valence-corrected chi connectivity index (χ2v) is 6.14. The van der Waals surface area contributed by atoms with Gasteiger partial charge in [-0.15, -0.1) is 0 Å². The van der Waals surface area contributed by atoms with E-state index in [0.29, 0.717) is 5.56 Å². The fourth-order valence-electron chi connectivity index (χ4n) is 1.70. The van der Waals surface area contributed by atoms with Gasteiger partial charge in [-0.3, -0.25) is 0 Å². The minimum atomic E-state index is -3.90. The summed E-state index contributed by atoms with van der Waals surface area (Å²) >= 11 is 0. The van der Waals surface area contributed by atoms with Crippen molar-refractivity contribution in [3.05, 3.63) is 47.1 Å². The molecule has 1 aromatic carbocycles. The lowest BCUT2D eigenvalue weighted by atomic mass is 10.1. The van der Waals surface area contributed by atoms with Gasteiger partial charge in [-0.2, -0.15) is 0 Å². The predicted octanol–water partition coefficient (Wildman–Crippen LogP) is 1.79. The van der Waals surface area contributed by atoms with E-state index in [1.54, 1.807) is 0 Å². The van der Waals surface area contributed by atoms with E-state index in [-0.39, 0.29) is 10.5 Å². The summed E-state index contributed by atoms with van der Waals surface area (Å²) in [4.78, 5) is 10.5. The topological polar surface area (TPSA) is 97.5 Å². The molecule has 2 aromatic rings. The molecule has 0 fully saturated rings. The molecule has 0 bridgehead atoms. The van der Waals surface area contributed by atoms with Crippen LogP contribution < -0.4 is 0 Å². The van der Waals surface area contributed by atoms with E-state index in [4.69, 9.17) is 5.11 Å². The van der Waals surface area contributed by atoms with Crippen LogP contribution in [-0.4, -0.2) is 24.7 Å². The number of aromatic carboxylic acids is 1. The molecule has 20 heavy (non-hydrogen) atoms. The van der Waals surface area contributed by atoms with Gasteiger partial charge in [0.1, 0.15) is 12.1 Å². The fraction of sp³-hybridized carbons (Fsp3) is 0.167. The van der Waals surface area contributed by atoms with E-state index < -0.39 is 32.9 Å². The van der Waals surface area contributed by atoms with E-state index in [0.717, 1.165) is 18.4 Å². The number of nitrogens with zero attached hydrogens (tertiary/aromatic N) is 1. The Hall–Kier alpha value is -2.22. The lowest BCUT2D eigenvalue weighted by Gasteiger charge is -2.09. The van der Waals surface area contributed by atoms with E-state index in [9.17, 15) is 17.6 Å². The van der Waals surface area contributed by atoms with Crippen molar-refractivity contribution in [1.29, 1.82) is 0 Å². The molecule has 106 valence electrons. The molecule has 1 aromatic heterocycles. The smallest absolute Gasteiger partial charge is 0.335 e. The number of carboxylic acids is 1. The largest absolute Gasteiger partial charge is 0.478 e. The van der Waals surface area contributed by atoms with Gasteiger partial charge in [0.05, 0.1) is 22.4 Å². The highest BCUT2D eigenvalue weighted by Crippen LogP contribution is 2.24. The average molecular weight is 299 g/mol. The number of hydrogen-bond donors (Lipinski definition) is 1. The first kappa shape index (κ1) is 14.2. The van der Waals surface area contributed by atoms with Gasteiger partial charge >= 0.3 is 5.97 Å². The second kappa shape index (κ2) is 5.04. The Balaban J connectivity index is 2.53. The van der Waals surface area contributed by atoms with Crippen LogP contribution >= 0.6 is 0 Å². The molecule has 0 amide bonds. The minimum Gasteiger partial charge on any atom is -0.478 e. The molecule has 0 radical (unpaired) electrons. The van der Waals surface area contributed by atoms with Gasteiger partial charge in [0, 0.05) is 11.1 Å². The standard InChI is InChI=1S/C12H10FNO5S/c1-7-10(13)2-9(12(15)16)3-11(7)20(17,18)6-8-4-14-19-5-8/h2-5H,6H2,1H3,(H,15,16). The first-order valence-corrected chi connectivity index (χ1v) is 7.11. The van der Waals surface area contributed by atoms with Crippen molar-refractivity contribution in [2.45, 2.75) is 17.6 Å². The molecule has 1 N–H and O–H groups in total. The van der Waals surface area contributed by atoms with Crippen LogP contribution in [0.3, 0.4) is 0 Å². The number of halogens is 1. The summed E-state index contributed by atoms with van der Waals surface area (Å²) in [5.41, 5.74) is -0.242. The summed E-state index contributed by atoms with van der Waals surface area (Å²) in [6.45, 7) is 1.28. The third-order valence-electron chi connectivity index (χ3n) is 2.72. The number of sulfone groups is 1. The van der Waals surface area contributed by atoms with Crippen molar-refractivity contribution in [3.63, 3.8) is 0 Å². The average Bonchev–Trinajstić information content (AvgIpc) is 2.83. The van der Waals surface area contributed by atoms with Crippen LogP contribution in [0.5, 0.6) is 0 Å². The third kappa shape index (κ3) is 2.69. The van der Waals surface area contributed by atoms with Crippen molar-refractivity contribution in [2.24, 2.45) is 0 Å². The number of carboxylic acid groups (broad SMARTS) is 1. The summed E-state index contributed by atoms with van der Waals surface area (Å²) in [6.07, 6.45) is 2.38. The minimum absolute atomic E-state index is 0.119. The van der Waals surface area contributed by atoms with Gasteiger partial charge in [-0.25, -0.2) is 17.6 Å². The van der Waals surface area contributed by atoms with E-state index in [1.165, 1.54) is 13.1 Å². The Labute approximate surface area is 113 Å². The Bertz CT molecular complexity index is 752. The highest BCUT2D eigenvalue weighted by atomic mass is 32.2. The van der Waals surface area contributed by atoms with Crippen LogP contribution in [0.25, 0.3) is 0 Å². The molecule has 1 heterocycles. The molecule has 0 saturated carbocycles. The summed E-state index contributed by atoms with van der Waals surface area (Å²) < 4.78 is 42.6. The fourth-order valence-corrected chi connectivity index (χ4v) is 3.30. The van der Waals surface area contributed by atoms with Gasteiger partial charge < -0.3 is 9.63 Å². The van der Waals surface area contributed by atoms with Crippen LogP contribution in [-0.2, 0) is 15.6 Å². The maximum Gasteiger partial charge on any atom is 0.335 e. The molecule has 2 rings (SSSR count). The third-order valence-corrected chi connectivity index (χ3v) is 4.53. The molecule has 0 aliphatic rings. The molecular weight excluding hydrogens is 289 g/mol. The molecule has 0 atom stereocenters. The Morgan fingerprint density at radius 3 is 2.70 bits per heavy atom. The zero-order chi connectivity index (χ0) is 14.9. The summed E-state index contributed by atoms with van der Waals surface area (Å²) in [5, 5.41) is 12.2. The first-order valence-electron chi connectivity index (χ1n) is 5.45. The number of benzene rings is 1. The molecule has 0 saturated heterocycles. The second-order valence-electron chi connectivity index (χ2n) is 4.18. The SMILES string of the molecule is Cc1c(F)cc(C(=O)O)cc1S(=O)(=O)Cc1cnoc1. The molecule has 6 nitrogen and oxygen atoms in total. The predicted molar refractivity (Wildman–Crippen MR) is 65.5 cm³/mol. The van der Waals surface area contributed by atoms with Crippen molar-refractivity contribution >= 4 is 15.8 Å². The summed E-state index contributed by atoms with van der Waals surface area (Å²) in [5.74, 6) is -2.72. The van der Waals surface area contributed by atoms with Crippen molar-refractivity contribution < 1.29 is 27.2 Å². The van der Waals surface area contributed by atoms with Gasteiger partial charge in [0.25, 0.3) is 0 Å². The number of carbonyl (C=O) groups is 1. The maximum atomic E-state index is 13.7. The van der Waals surface area contributed by atoms with Crippen LogP contribution in [0.1, 0.15) is 21.5 Å². The van der Waals surface area contributed by atoms with E-state index >= 15 is 0 Å². The summed E-state index contributed by atoms with van der Waals surface area (Å²) in [7, 11) is -3.90. The van der Waals surface area contributed by atoms with E-state index in [1.807, 2.05) is 0 Å². The molecule has 8 heteroatoms. The zero-order valence-electron chi connectivity index (χ0n) is 10.3. The van der Waals surface area contributed by atoms with Crippen molar-refractivity contribution in [2.75, 3.05) is 0 Å². The molecule has 0 aliphatic carbocycles. The Morgan fingerprint density at radius 2 is 2.15 bits per heavy atom. The Morgan fingerprint density at radius 1 is 1.45 bits per heavy atom. The van der Waals surface area contributed by atoms with Gasteiger partial charge in [-0.05, 0) is 19.1 Å². The zero-order valence-corrected chi connectivity index (χ0v) is 11.1. The lowest BCUT2D eigenvalue weighted by Crippen LogP contribution is -2.10. The molecule has 0 unspecified atom stereocenters. The van der Waals surface area contributed by atoms with Crippen LogP contribution in [0.4, 0.5) is 4.39 Å². The van der Waals surface area contributed by atoms with Crippen LogP contribution in [0, 0.1) is 12.7 Å². The van der Waals surface area contributed by atoms with E-state index in [2.05, 4.69) is 9.68 Å².